The van der Waals surface area contributed by atoms with Crippen molar-refractivity contribution in [1.29, 1.82) is 0 Å². The van der Waals surface area contributed by atoms with E-state index in [2.05, 4.69) is 14.8 Å². The van der Waals surface area contributed by atoms with Crippen molar-refractivity contribution in [3.05, 3.63) is 71.8 Å². The number of halogens is 5. The van der Waals surface area contributed by atoms with Gasteiger partial charge in [0.25, 0.3) is 0 Å². The zero-order valence-electron chi connectivity index (χ0n) is 17.2. The summed E-state index contributed by atoms with van der Waals surface area (Å²) in [5.41, 5.74) is -0.310. The molecule has 0 saturated carbocycles. The number of alkyl halides is 5. The van der Waals surface area contributed by atoms with Crippen molar-refractivity contribution in [2.75, 3.05) is 11.9 Å². The van der Waals surface area contributed by atoms with E-state index in [0.29, 0.717) is 23.7 Å². The molecule has 0 aromatic heterocycles. The van der Waals surface area contributed by atoms with Crippen LogP contribution < -0.4 is 24.3 Å². The molecule has 1 N–H and O–H groups in total. The first-order chi connectivity index (χ1) is 15.6. The quantitative estimate of drug-likeness (QED) is 0.386. The van der Waals surface area contributed by atoms with Crippen molar-refractivity contribution in [2.45, 2.75) is 25.9 Å². The highest BCUT2D eigenvalue weighted by atomic mass is 19.4. The molecule has 0 atom stereocenters. The average molecular weight is 467 g/mol. The summed E-state index contributed by atoms with van der Waals surface area (Å²) in [6.45, 7) is 2.35. The van der Waals surface area contributed by atoms with Gasteiger partial charge in [-0.15, -0.1) is 8.78 Å². The fraction of sp³-hybridized carbons (Fsp3) is 0.217. The molecule has 1 aliphatic heterocycles. The molecule has 10 heteroatoms. The third kappa shape index (κ3) is 5.39. The molecule has 3 aromatic rings. The lowest BCUT2D eigenvalue weighted by atomic mass is 10.1. The van der Waals surface area contributed by atoms with E-state index in [0.717, 1.165) is 12.1 Å². The Bertz CT molecular complexity index is 1130. The molecule has 0 bridgehead atoms. The van der Waals surface area contributed by atoms with Gasteiger partial charge < -0.3 is 24.3 Å². The van der Waals surface area contributed by atoms with Crippen LogP contribution in [-0.4, -0.2) is 12.9 Å². The number of benzene rings is 3. The number of ether oxygens (including phenoxy) is 4. The molecule has 0 amide bonds. The predicted molar refractivity (Wildman–Crippen MR) is 109 cm³/mol. The highest BCUT2D eigenvalue weighted by Crippen LogP contribution is 2.42. The monoisotopic (exact) mass is 467 g/mol. The number of hydrogen-bond acceptors (Lipinski definition) is 5. The van der Waals surface area contributed by atoms with E-state index < -0.39 is 18.0 Å². The van der Waals surface area contributed by atoms with Crippen LogP contribution >= 0.6 is 0 Å². The minimum absolute atomic E-state index is 0.0170. The molecule has 1 heterocycles. The minimum Gasteiger partial charge on any atom is -0.494 e. The number of anilines is 1. The number of rotatable bonds is 7. The Hall–Kier alpha value is -3.69. The van der Waals surface area contributed by atoms with Gasteiger partial charge in [-0.05, 0) is 67.1 Å². The molecule has 0 aliphatic carbocycles. The normalized spacial score (nSPS) is 14.1. The summed E-state index contributed by atoms with van der Waals surface area (Å²) < 4.78 is 86.1. The van der Waals surface area contributed by atoms with Gasteiger partial charge >= 0.3 is 12.5 Å². The first kappa shape index (κ1) is 22.5. The molecule has 0 unspecified atom stereocenters. The first-order valence-electron chi connectivity index (χ1n) is 9.87. The standard InChI is InChI=1S/C23H18F5NO4/c1-2-30-16-5-7-17(8-6-16)31-19-10-4-15(22(24,25)26)12-18(19)29-13-14-3-9-20-21(11-14)33-23(27,28)32-20/h3-12,29H,2,13H2,1H3. The van der Waals surface area contributed by atoms with Crippen LogP contribution in [0.2, 0.25) is 0 Å². The largest absolute Gasteiger partial charge is 0.586 e. The van der Waals surface area contributed by atoms with Gasteiger partial charge in [0.2, 0.25) is 0 Å². The summed E-state index contributed by atoms with van der Waals surface area (Å²) in [6.07, 6.45) is -8.31. The maximum absolute atomic E-state index is 13.2. The van der Waals surface area contributed by atoms with Gasteiger partial charge in [-0.3, -0.25) is 0 Å². The molecule has 174 valence electrons. The SMILES string of the molecule is CCOc1ccc(Oc2ccc(C(F)(F)F)cc2NCc2ccc3c(c2)OC(F)(F)O3)cc1. The summed E-state index contributed by atoms with van der Waals surface area (Å²) in [5, 5.41) is 2.87. The van der Waals surface area contributed by atoms with Crippen molar-refractivity contribution >= 4 is 5.69 Å². The smallest absolute Gasteiger partial charge is 0.494 e. The lowest BCUT2D eigenvalue weighted by Gasteiger charge is -2.16. The zero-order valence-corrected chi connectivity index (χ0v) is 17.2. The van der Waals surface area contributed by atoms with E-state index in [4.69, 9.17) is 9.47 Å². The maximum atomic E-state index is 13.2. The second kappa shape index (κ2) is 8.68. The summed E-state index contributed by atoms with van der Waals surface area (Å²) >= 11 is 0. The predicted octanol–water partition coefficient (Wildman–Crippen LogP) is 6.83. The van der Waals surface area contributed by atoms with Crippen LogP contribution in [0.15, 0.2) is 60.7 Å². The van der Waals surface area contributed by atoms with E-state index in [1.54, 1.807) is 24.3 Å². The van der Waals surface area contributed by atoms with Gasteiger partial charge in [0.1, 0.15) is 11.5 Å². The van der Waals surface area contributed by atoms with Crippen molar-refractivity contribution in [1.82, 2.24) is 0 Å². The van der Waals surface area contributed by atoms with Crippen LogP contribution in [0.5, 0.6) is 28.7 Å². The van der Waals surface area contributed by atoms with Gasteiger partial charge in [0.15, 0.2) is 17.2 Å². The zero-order chi connectivity index (χ0) is 23.6. The van der Waals surface area contributed by atoms with E-state index in [-0.39, 0.29) is 29.5 Å². The molecule has 1 aliphatic rings. The van der Waals surface area contributed by atoms with Crippen LogP contribution in [-0.2, 0) is 12.7 Å². The second-order valence-corrected chi connectivity index (χ2v) is 7.02. The van der Waals surface area contributed by atoms with E-state index >= 15 is 0 Å². The van der Waals surface area contributed by atoms with Crippen molar-refractivity contribution in [2.24, 2.45) is 0 Å². The average Bonchev–Trinajstić information content (AvgIpc) is 3.07. The van der Waals surface area contributed by atoms with Crippen molar-refractivity contribution < 1.29 is 40.9 Å². The Morgan fingerprint density at radius 1 is 0.879 bits per heavy atom. The van der Waals surface area contributed by atoms with Crippen LogP contribution in [0.3, 0.4) is 0 Å². The molecule has 3 aromatic carbocycles. The lowest BCUT2D eigenvalue weighted by molar-refractivity contribution is -0.286. The first-order valence-corrected chi connectivity index (χ1v) is 9.87. The second-order valence-electron chi connectivity index (χ2n) is 7.02. The van der Waals surface area contributed by atoms with Crippen LogP contribution in [0.4, 0.5) is 27.6 Å². The van der Waals surface area contributed by atoms with E-state index in [1.165, 1.54) is 24.3 Å². The number of nitrogens with one attached hydrogen (secondary N) is 1. The highest BCUT2D eigenvalue weighted by molar-refractivity contribution is 5.60. The third-order valence-electron chi connectivity index (χ3n) is 4.62. The molecule has 5 nitrogen and oxygen atoms in total. The topological polar surface area (TPSA) is 49.0 Å². The third-order valence-corrected chi connectivity index (χ3v) is 4.62. The molecule has 4 rings (SSSR count). The van der Waals surface area contributed by atoms with E-state index in [1.807, 2.05) is 6.92 Å². The Balaban J connectivity index is 1.55. The molecule has 0 fully saturated rings. The van der Waals surface area contributed by atoms with Gasteiger partial charge in [-0.2, -0.15) is 13.2 Å². The van der Waals surface area contributed by atoms with Crippen molar-refractivity contribution in [3.63, 3.8) is 0 Å². The Morgan fingerprint density at radius 3 is 2.27 bits per heavy atom. The van der Waals surface area contributed by atoms with E-state index in [9.17, 15) is 22.0 Å². The summed E-state index contributed by atoms with van der Waals surface area (Å²) in [7, 11) is 0. The Labute approximate surface area is 185 Å². The van der Waals surface area contributed by atoms with Gasteiger partial charge in [0.05, 0.1) is 17.9 Å². The summed E-state index contributed by atoms with van der Waals surface area (Å²) in [6, 6.07) is 13.8. The summed E-state index contributed by atoms with van der Waals surface area (Å²) in [5.74, 6) is 0.895. The van der Waals surface area contributed by atoms with Crippen molar-refractivity contribution in [3.8, 4) is 28.7 Å². The van der Waals surface area contributed by atoms with Gasteiger partial charge in [-0.25, -0.2) is 0 Å². The number of hydrogen-bond donors (Lipinski definition) is 1. The maximum Gasteiger partial charge on any atom is 0.586 e. The molecule has 0 radical (unpaired) electrons. The summed E-state index contributed by atoms with van der Waals surface area (Å²) in [4.78, 5) is 0. The molecule has 0 saturated heterocycles. The Kier molecular flexibility index (Phi) is 5.92. The molecular formula is C23H18F5NO4. The minimum atomic E-state index is -4.56. The highest BCUT2D eigenvalue weighted by Gasteiger charge is 2.43. The lowest BCUT2D eigenvalue weighted by Crippen LogP contribution is -2.25. The number of fused-ring (bicyclic) bond motifs is 1. The fourth-order valence-electron chi connectivity index (χ4n) is 3.13. The molecular weight excluding hydrogens is 449 g/mol. The Morgan fingerprint density at radius 2 is 1.58 bits per heavy atom. The molecule has 0 spiro atoms. The van der Waals surface area contributed by atoms with Crippen LogP contribution in [0.25, 0.3) is 0 Å². The fourth-order valence-corrected chi connectivity index (χ4v) is 3.13. The van der Waals surface area contributed by atoms with Crippen LogP contribution in [0.1, 0.15) is 18.1 Å². The van der Waals surface area contributed by atoms with Gasteiger partial charge in [0, 0.05) is 6.54 Å². The van der Waals surface area contributed by atoms with Gasteiger partial charge in [-0.1, -0.05) is 6.07 Å². The molecule has 33 heavy (non-hydrogen) atoms. The van der Waals surface area contributed by atoms with Crippen LogP contribution in [0, 0.1) is 0 Å².